The van der Waals surface area contributed by atoms with Gasteiger partial charge in [0, 0.05) is 57.6 Å². The van der Waals surface area contributed by atoms with Crippen LogP contribution in [0.2, 0.25) is 10.0 Å². The van der Waals surface area contributed by atoms with E-state index in [2.05, 4.69) is 20.9 Å². The predicted molar refractivity (Wildman–Crippen MR) is 165 cm³/mol. The fourth-order valence-electron chi connectivity index (χ4n) is 5.72. The van der Waals surface area contributed by atoms with Gasteiger partial charge in [-0.1, -0.05) is 23.2 Å². The van der Waals surface area contributed by atoms with Crippen LogP contribution in [0.4, 0.5) is 0 Å². The number of fused-ring (bicyclic) bond motifs is 2. The maximum Gasteiger partial charge on any atom is 0.331 e. The molecule has 0 spiro atoms. The topological polar surface area (TPSA) is 97.6 Å². The number of hydrogen-bond donors (Lipinski definition) is 1. The smallest absolute Gasteiger partial charge is 0.331 e. The highest BCUT2D eigenvalue weighted by Gasteiger charge is 2.33. The molecule has 1 aromatic carbocycles. The highest BCUT2D eigenvalue weighted by molar-refractivity contribution is 7.19. The SMILES string of the molecule is CC(C)n1cc(Cl)c(=O)n(Cc2cc3nccc(-c4cc(Cl)cc5ccn(CC6(C#N)CCNCC6)c45)c3s2)c1=O. The van der Waals surface area contributed by atoms with E-state index in [1.807, 2.05) is 50.4 Å². The number of nitrogens with zero attached hydrogens (tertiary/aromatic N) is 5. The van der Waals surface area contributed by atoms with E-state index >= 15 is 0 Å². The van der Waals surface area contributed by atoms with Crippen molar-refractivity contribution in [3.8, 4) is 17.2 Å². The molecule has 0 aliphatic carbocycles. The molecule has 41 heavy (non-hydrogen) atoms. The minimum Gasteiger partial charge on any atom is -0.345 e. The highest BCUT2D eigenvalue weighted by atomic mass is 35.5. The zero-order valence-corrected chi connectivity index (χ0v) is 25.0. The molecule has 0 amide bonds. The minimum absolute atomic E-state index is 0.00388. The van der Waals surface area contributed by atoms with Gasteiger partial charge in [0.1, 0.15) is 5.02 Å². The second kappa shape index (κ2) is 10.8. The lowest BCUT2D eigenvalue weighted by Crippen LogP contribution is -2.40. The lowest BCUT2D eigenvalue weighted by molar-refractivity contribution is 0.247. The van der Waals surface area contributed by atoms with Gasteiger partial charge in [0.25, 0.3) is 5.56 Å². The molecule has 1 aliphatic heterocycles. The molecule has 4 aromatic heterocycles. The summed E-state index contributed by atoms with van der Waals surface area (Å²) in [7, 11) is 0. The van der Waals surface area contributed by atoms with Gasteiger partial charge in [-0.2, -0.15) is 5.26 Å². The molecule has 0 bridgehead atoms. The van der Waals surface area contributed by atoms with Crippen LogP contribution in [0.25, 0.3) is 32.2 Å². The standard InChI is InChI=1S/C30H28Cl2N6O2S/c1-18(2)37-15-24(32)28(39)38(29(37)40)14-21-13-25-27(41-21)22(3-7-35-25)23-12-20(31)11-19-4-10-36(26(19)23)17-30(16-33)5-8-34-9-6-30/h3-4,7,10-13,15,18,34H,5-6,8-9,14,17H2,1-2H3. The second-order valence-corrected chi connectivity index (χ2v) is 12.9. The molecule has 1 aliphatic rings. The van der Waals surface area contributed by atoms with E-state index in [9.17, 15) is 14.9 Å². The molecular weight excluding hydrogens is 579 g/mol. The van der Waals surface area contributed by atoms with Crippen molar-refractivity contribution in [2.75, 3.05) is 13.1 Å². The number of nitrogens with one attached hydrogen (secondary N) is 1. The molecule has 8 nitrogen and oxygen atoms in total. The Morgan fingerprint density at radius 1 is 1.15 bits per heavy atom. The Kier molecular flexibility index (Phi) is 7.28. The van der Waals surface area contributed by atoms with Crippen molar-refractivity contribution in [1.29, 1.82) is 5.26 Å². The van der Waals surface area contributed by atoms with Crippen molar-refractivity contribution in [1.82, 2.24) is 24.0 Å². The van der Waals surface area contributed by atoms with Gasteiger partial charge >= 0.3 is 5.69 Å². The average molecular weight is 608 g/mol. The maximum absolute atomic E-state index is 13.1. The van der Waals surface area contributed by atoms with Gasteiger partial charge < -0.3 is 9.88 Å². The lowest BCUT2D eigenvalue weighted by atomic mass is 9.80. The monoisotopic (exact) mass is 606 g/mol. The first-order chi connectivity index (χ1) is 19.7. The van der Waals surface area contributed by atoms with E-state index in [4.69, 9.17) is 23.2 Å². The van der Waals surface area contributed by atoms with Crippen molar-refractivity contribution in [3.05, 3.63) is 84.7 Å². The molecule has 6 rings (SSSR count). The van der Waals surface area contributed by atoms with Crippen LogP contribution < -0.4 is 16.6 Å². The first-order valence-corrected chi connectivity index (χ1v) is 15.1. The van der Waals surface area contributed by atoms with Crippen molar-refractivity contribution >= 4 is 55.7 Å². The van der Waals surface area contributed by atoms with Crippen LogP contribution in [-0.2, 0) is 13.1 Å². The van der Waals surface area contributed by atoms with E-state index in [-0.39, 0.29) is 17.6 Å². The van der Waals surface area contributed by atoms with Crippen LogP contribution in [0, 0.1) is 16.7 Å². The van der Waals surface area contributed by atoms with E-state index < -0.39 is 16.7 Å². The Hall–Kier alpha value is -3.42. The molecule has 1 fully saturated rings. The van der Waals surface area contributed by atoms with Crippen LogP contribution in [0.1, 0.15) is 37.6 Å². The van der Waals surface area contributed by atoms with Gasteiger partial charge in [-0.05, 0) is 70.1 Å². The largest absolute Gasteiger partial charge is 0.345 e. The van der Waals surface area contributed by atoms with E-state index in [0.29, 0.717) is 11.6 Å². The fraction of sp³-hybridized carbons (Fsp3) is 0.333. The molecule has 0 atom stereocenters. The third-order valence-corrected chi connectivity index (χ3v) is 9.49. The number of hydrogen-bond acceptors (Lipinski definition) is 6. The Morgan fingerprint density at radius 3 is 2.66 bits per heavy atom. The van der Waals surface area contributed by atoms with Gasteiger partial charge in [0.05, 0.1) is 33.8 Å². The molecule has 210 valence electrons. The zero-order chi connectivity index (χ0) is 28.9. The quantitative estimate of drug-likeness (QED) is 0.253. The van der Waals surface area contributed by atoms with Crippen LogP contribution in [-0.4, -0.2) is 31.8 Å². The molecule has 0 unspecified atom stereocenters. The summed E-state index contributed by atoms with van der Waals surface area (Å²) >= 11 is 14.3. The number of thiophene rings is 1. The Morgan fingerprint density at radius 2 is 1.93 bits per heavy atom. The normalized spacial score (nSPS) is 15.1. The van der Waals surface area contributed by atoms with Gasteiger partial charge in [-0.3, -0.25) is 18.9 Å². The molecule has 11 heteroatoms. The van der Waals surface area contributed by atoms with Crippen molar-refractivity contribution < 1.29 is 0 Å². The first-order valence-electron chi connectivity index (χ1n) is 13.5. The van der Waals surface area contributed by atoms with Crippen molar-refractivity contribution in [3.63, 3.8) is 0 Å². The summed E-state index contributed by atoms with van der Waals surface area (Å²) in [6, 6.07) is 12.3. The van der Waals surface area contributed by atoms with E-state index in [1.54, 1.807) is 6.20 Å². The van der Waals surface area contributed by atoms with Crippen molar-refractivity contribution in [2.45, 2.75) is 45.8 Å². The summed E-state index contributed by atoms with van der Waals surface area (Å²) in [4.78, 5) is 31.4. The van der Waals surface area contributed by atoms with E-state index in [0.717, 1.165) is 63.1 Å². The van der Waals surface area contributed by atoms with Crippen LogP contribution in [0.5, 0.6) is 0 Å². The van der Waals surface area contributed by atoms with Gasteiger partial charge in [-0.15, -0.1) is 11.3 Å². The summed E-state index contributed by atoms with van der Waals surface area (Å²) in [6.07, 6.45) is 6.78. The predicted octanol–water partition coefficient (Wildman–Crippen LogP) is 6.07. The molecule has 0 saturated carbocycles. The van der Waals surface area contributed by atoms with Gasteiger partial charge in [-0.25, -0.2) is 4.79 Å². The molecule has 1 saturated heterocycles. The number of rotatable bonds is 6. The van der Waals surface area contributed by atoms with Crippen LogP contribution in [0.3, 0.4) is 0 Å². The minimum atomic E-state index is -0.516. The summed E-state index contributed by atoms with van der Waals surface area (Å²) in [5.74, 6) is 0. The first kappa shape index (κ1) is 27.7. The number of aromatic nitrogens is 4. The number of halogens is 2. The fourth-order valence-corrected chi connectivity index (χ4v) is 7.28. The third kappa shape index (κ3) is 4.99. The summed E-state index contributed by atoms with van der Waals surface area (Å²) in [5, 5.41) is 15.1. The van der Waals surface area contributed by atoms with Crippen molar-refractivity contribution in [2.24, 2.45) is 5.41 Å². The molecule has 1 N–H and O–H groups in total. The molecule has 5 heterocycles. The van der Waals surface area contributed by atoms with E-state index in [1.165, 1.54) is 26.7 Å². The zero-order valence-electron chi connectivity index (χ0n) is 22.7. The lowest BCUT2D eigenvalue weighted by Gasteiger charge is -2.32. The molecule has 5 aromatic rings. The Bertz CT molecular complexity index is 1960. The Labute approximate surface area is 250 Å². The van der Waals surface area contributed by atoms with Gasteiger partial charge in [0.2, 0.25) is 0 Å². The second-order valence-electron chi connectivity index (χ2n) is 10.9. The highest BCUT2D eigenvalue weighted by Crippen LogP contribution is 2.40. The maximum atomic E-state index is 13.1. The number of benzene rings is 1. The number of nitriles is 1. The number of pyridine rings is 1. The van der Waals surface area contributed by atoms with Gasteiger partial charge in [0.15, 0.2) is 0 Å². The molecular formula is C30H28Cl2N6O2S. The van der Waals surface area contributed by atoms with Crippen LogP contribution >= 0.6 is 34.5 Å². The number of piperidine rings is 1. The van der Waals surface area contributed by atoms with Crippen LogP contribution in [0.15, 0.2) is 58.5 Å². The Balaban J connectivity index is 1.47. The summed E-state index contributed by atoms with van der Waals surface area (Å²) < 4.78 is 5.75. The summed E-state index contributed by atoms with van der Waals surface area (Å²) in [6.45, 7) is 6.07. The average Bonchev–Trinajstić information content (AvgIpc) is 3.56. The third-order valence-electron chi connectivity index (χ3n) is 7.87. The summed E-state index contributed by atoms with van der Waals surface area (Å²) in [5.41, 5.74) is 2.31. The molecule has 0 radical (unpaired) electrons.